The van der Waals surface area contributed by atoms with Crippen LogP contribution in [0.1, 0.15) is 27.7 Å². The van der Waals surface area contributed by atoms with E-state index in [1.807, 2.05) is 0 Å². The van der Waals surface area contributed by atoms with Crippen LogP contribution in [0.15, 0.2) is 24.3 Å². The third kappa shape index (κ3) is 5.07. The first-order valence-corrected chi connectivity index (χ1v) is 8.46. The molecule has 4 heteroatoms. The molecule has 0 aliphatic carbocycles. The maximum Gasteiger partial charge on any atom is 0.192 e. The summed E-state index contributed by atoms with van der Waals surface area (Å²) in [4.78, 5) is 0. The fourth-order valence-corrected chi connectivity index (χ4v) is 4.06. The molecule has 0 amide bonds. The van der Waals surface area contributed by atoms with Gasteiger partial charge in [-0.3, -0.25) is 0 Å². The van der Waals surface area contributed by atoms with Crippen molar-refractivity contribution < 1.29 is 8.85 Å². The van der Waals surface area contributed by atoms with E-state index in [2.05, 4.69) is 52.0 Å². The highest BCUT2D eigenvalue weighted by molar-refractivity contribution is 6.61. The summed E-state index contributed by atoms with van der Waals surface area (Å²) in [6.45, 7) is 8.38. The lowest BCUT2D eigenvalue weighted by Gasteiger charge is -2.13. The molecule has 0 saturated carbocycles. The van der Waals surface area contributed by atoms with Gasteiger partial charge in [0.1, 0.15) is 0 Å². The van der Waals surface area contributed by atoms with E-state index in [4.69, 9.17) is 8.85 Å². The van der Waals surface area contributed by atoms with E-state index in [9.17, 15) is 0 Å². The van der Waals surface area contributed by atoms with E-state index in [0.29, 0.717) is 12.2 Å². The summed E-state index contributed by atoms with van der Waals surface area (Å²) in [6, 6.07) is 8.58. The number of benzene rings is 1. The molecule has 0 unspecified atom stereocenters. The third-order valence-corrected chi connectivity index (χ3v) is 6.43. The van der Waals surface area contributed by atoms with Crippen LogP contribution in [-0.4, -0.2) is 31.7 Å². The second kappa shape index (κ2) is 7.01. The molecule has 0 bridgehead atoms. The van der Waals surface area contributed by atoms with Crippen molar-refractivity contribution in [2.75, 3.05) is 0 Å². The Kier molecular flexibility index (Phi) is 5.97. The van der Waals surface area contributed by atoms with Crippen LogP contribution >= 0.6 is 0 Å². The molecule has 1 rings (SSSR count). The first-order chi connectivity index (χ1) is 7.59. The summed E-state index contributed by atoms with van der Waals surface area (Å²) >= 11 is 0. The molecule has 0 saturated heterocycles. The Bertz CT molecular complexity index is 283. The zero-order valence-corrected chi connectivity index (χ0v) is 13.5. The fraction of sp³-hybridized carbons (Fsp3) is 0.500. The molecule has 2 nitrogen and oxygen atoms in total. The monoisotopic (exact) mass is 254 g/mol. The zero-order chi connectivity index (χ0) is 12.0. The largest absolute Gasteiger partial charge is 0.416 e. The molecule has 1 aromatic carbocycles. The minimum absolute atomic E-state index is 0.340. The van der Waals surface area contributed by atoms with Crippen LogP contribution in [0.25, 0.3) is 0 Å². The molecule has 0 aliphatic rings. The summed E-state index contributed by atoms with van der Waals surface area (Å²) in [7, 11) is -1.16. The van der Waals surface area contributed by atoms with Crippen molar-refractivity contribution in [2.45, 2.75) is 39.9 Å². The third-order valence-electron chi connectivity index (χ3n) is 2.26. The molecule has 1 aromatic rings. The number of hydrogen-bond donors (Lipinski definition) is 0. The SMILES string of the molecule is CC(C)O[SiH2]c1ccccc1[SiH2]OC(C)C. The predicted molar refractivity (Wildman–Crippen MR) is 75.2 cm³/mol. The first-order valence-electron chi connectivity index (χ1n) is 5.89. The highest BCUT2D eigenvalue weighted by atomic mass is 28.2. The Labute approximate surface area is 103 Å². The van der Waals surface area contributed by atoms with Gasteiger partial charge in [-0.15, -0.1) is 0 Å². The summed E-state index contributed by atoms with van der Waals surface area (Å²) in [5, 5.41) is 2.84. The van der Waals surface area contributed by atoms with E-state index in [0.717, 1.165) is 0 Å². The number of rotatable bonds is 6. The van der Waals surface area contributed by atoms with Crippen molar-refractivity contribution in [3.63, 3.8) is 0 Å². The van der Waals surface area contributed by atoms with Gasteiger partial charge in [0.15, 0.2) is 19.5 Å². The quantitative estimate of drug-likeness (QED) is 0.663. The molecule has 16 heavy (non-hydrogen) atoms. The van der Waals surface area contributed by atoms with Gasteiger partial charge < -0.3 is 8.85 Å². The summed E-state index contributed by atoms with van der Waals surface area (Å²) in [5.41, 5.74) is 0. The normalized spacial score (nSPS) is 12.9. The van der Waals surface area contributed by atoms with Crippen LogP contribution in [0.4, 0.5) is 0 Å². The van der Waals surface area contributed by atoms with Crippen LogP contribution in [0.5, 0.6) is 0 Å². The standard InChI is InChI=1S/C12H22O2Si2/c1-9(2)13-15-11-7-5-6-8-12(11)16-14-10(3)4/h5-10H,15-16H2,1-4H3. The van der Waals surface area contributed by atoms with Crippen molar-refractivity contribution in [1.82, 2.24) is 0 Å². The van der Waals surface area contributed by atoms with Gasteiger partial charge in [0, 0.05) is 12.2 Å². The maximum absolute atomic E-state index is 5.78. The smallest absolute Gasteiger partial charge is 0.192 e. The predicted octanol–water partition coefficient (Wildman–Crippen LogP) is -0.0452. The van der Waals surface area contributed by atoms with Crippen molar-refractivity contribution in [1.29, 1.82) is 0 Å². The average Bonchev–Trinajstić information content (AvgIpc) is 2.24. The molecule has 0 spiro atoms. The Morgan fingerprint density at radius 2 is 1.19 bits per heavy atom. The van der Waals surface area contributed by atoms with E-state index >= 15 is 0 Å². The Morgan fingerprint density at radius 3 is 1.50 bits per heavy atom. The lowest BCUT2D eigenvalue weighted by molar-refractivity contribution is 0.258. The maximum atomic E-state index is 5.78. The molecular formula is C12H22O2Si2. The lowest BCUT2D eigenvalue weighted by Crippen LogP contribution is -2.39. The van der Waals surface area contributed by atoms with Gasteiger partial charge in [0.25, 0.3) is 0 Å². The van der Waals surface area contributed by atoms with Crippen LogP contribution in [-0.2, 0) is 8.85 Å². The first kappa shape index (κ1) is 13.6. The minimum atomic E-state index is -0.578. The molecule has 0 aliphatic heterocycles. The molecule has 0 N–H and O–H groups in total. The van der Waals surface area contributed by atoms with Gasteiger partial charge >= 0.3 is 0 Å². The van der Waals surface area contributed by atoms with Gasteiger partial charge in [-0.2, -0.15) is 0 Å². The van der Waals surface area contributed by atoms with E-state index < -0.39 is 19.5 Å². The second-order valence-corrected chi connectivity index (χ2v) is 7.26. The van der Waals surface area contributed by atoms with E-state index in [-0.39, 0.29) is 0 Å². The Morgan fingerprint density at radius 1 is 0.812 bits per heavy atom. The van der Waals surface area contributed by atoms with Crippen LogP contribution in [0, 0.1) is 0 Å². The van der Waals surface area contributed by atoms with Gasteiger partial charge in [-0.1, -0.05) is 24.3 Å². The fourth-order valence-electron chi connectivity index (χ4n) is 1.35. The zero-order valence-electron chi connectivity index (χ0n) is 10.7. The lowest BCUT2D eigenvalue weighted by atomic mass is 10.4. The summed E-state index contributed by atoms with van der Waals surface area (Å²) in [5.74, 6) is 0. The van der Waals surface area contributed by atoms with Crippen LogP contribution in [0.3, 0.4) is 0 Å². The molecule has 0 heterocycles. The van der Waals surface area contributed by atoms with E-state index in [1.54, 1.807) is 0 Å². The van der Waals surface area contributed by atoms with Crippen molar-refractivity contribution in [2.24, 2.45) is 0 Å². The number of hydrogen-bond acceptors (Lipinski definition) is 2. The van der Waals surface area contributed by atoms with Crippen LogP contribution < -0.4 is 10.4 Å². The second-order valence-electron chi connectivity index (χ2n) is 4.49. The highest BCUT2D eigenvalue weighted by Crippen LogP contribution is 1.89. The summed E-state index contributed by atoms with van der Waals surface area (Å²) < 4.78 is 11.6. The molecular weight excluding hydrogens is 232 g/mol. The molecule has 90 valence electrons. The van der Waals surface area contributed by atoms with E-state index in [1.165, 1.54) is 10.4 Å². The van der Waals surface area contributed by atoms with Crippen molar-refractivity contribution in [3.05, 3.63) is 24.3 Å². The average molecular weight is 254 g/mol. The highest BCUT2D eigenvalue weighted by Gasteiger charge is 2.05. The minimum Gasteiger partial charge on any atom is -0.416 e. The van der Waals surface area contributed by atoms with Crippen LogP contribution in [0.2, 0.25) is 0 Å². The van der Waals surface area contributed by atoms with Gasteiger partial charge in [0.05, 0.1) is 0 Å². The van der Waals surface area contributed by atoms with Gasteiger partial charge in [-0.05, 0) is 38.1 Å². The van der Waals surface area contributed by atoms with Crippen molar-refractivity contribution in [3.8, 4) is 0 Å². The van der Waals surface area contributed by atoms with Crippen molar-refractivity contribution >= 4 is 29.9 Å². The molecule has 0 atom stereocenters. The summed E-state index contributed by atoms with van der Waals surface area (Å²) in [6.07, 6.45) is 0.680. The Balaban J connectivity index is 2.60. The Hall–Kier alpha value is -0.426. The molecule has 0 aromatic heterocycles. The topological polar surface area (TPSA) is 18.5 Å². The molecule has 0 radical (unpaired) electrons. The van der Waals surface area contributed by atoms with Gasteiger partial charge in [-0.25, -0.2) is 0 Å². The molecule has 0 fully saturated rings. The van der Waals surface area contributed by atoms with Gasteiger partial charge in [0.2, 0.25) is 0 Å².